The molecule has 13 aromatic rings. The van der Waals surface area contributed by atoms with Crippen LogP contribution < -0.4 is 30.6 Å². The molecule has 0 bridgehead atoms. The van der Waals surface area contributed by atoms with Crippen LogP contribution in [0.4, 0.5) is 11.4 Å². The number of ketones is 2. The Labute approximate surface area is 653 Å². The molecule has 13 nitrogen and oxygen atoms in total. The molecule has 4 amide bonds. The molecule has 0 spiro atoms. The highest BCUT2D eigenvalue weighted by atomic mass is 35.5. The summed E-state index contributed by atoms with van der Waals surface area (Å²) in [7, 11) is 0. The number of fused-ring (bicyclic) bond motifs is 16. The third kappa shape index (κ3) is 12.4. The molecular weight excluding hydrogens is 1470 g/mol. The average Bonchev–Trinajstić information content (AvgIpc) is 1.16. The second-order valence-electron chi connectivity index (χ2n) is 29.9. The summed E-state index contributed by atoms with van der Waals surface area (Å²) in [6.07, 6.45) is 1.78. The van der Waals surface area contributed by atoms with Crippen molar-refractivity contribution in [2.24, 2.45) is 17.8 Å². The van der Waals surface area contributed by atoms with Gasteiger partial charge in [0.05, 0.1) is 42.3 Å². The normalized spacial score (nSPS) is 15.2. The molecule has 0 fully saturated rings. The molecule has 546 valence electrons. The Kier molecular flexibility index (Phi) is 19.7. The molecule has 0 saturated carbocycles. The molecule has 11 aromatic carbocycles. The number of Topliss-reactive ketones (excluding diaryl/α,β-unsaturated/α-hetero) is 2. The fourth-order valence-electron chi connectivity index (χ4n) is 15.5. The monoisotopic (exact) mass is 1550 g/mol. The summed E-state index contributed by atoms with van der Waals surface area (Å²) in [5.74, 6) is 3.47. The van der Waals surface area contributed by atoms with Gasteiger partial charge in [0, 0.05) is 116 Å². The summed E-state index contributed by atoms with van der Waals surface area (Å²) in [6.45, 7) is 29.4. The van der Waals surface area contributed by atoms with E-state index >= 15 is 0 Å². The molecule has 0 radical (unpaired) electrons. The second kappa shape index (κ2) is 28.8. The zero-order valence-corrected chi connectivity index (χ0v) is 66.6. The number of hydrogen-bond donors (Lipinski definition) is 3. The first-order valence-corrected chi connectivity index (χ1v) is 39.6. The Morgan fingerprint density at radius 1 is 0.426 bits per heavy atom. The summed E-state index contributed by atoms with van der Waals surface area (Å²) >= 11 is 29.2. The Balaban J connectivity index is 0.000000124. The van der Waals surface area contributed by atoms with Crippen molar-refractivity contribution >= 4 is 198 Å². The number of para-hydroxylation sites is 2. The van der Waals surface area contributed by atoms with Crippen LogP contribution in [0.3, 0.4) is 0 Å². The van der Waals surface area contributed by atoms with Crippen LogP contribution in [0.1, 0.15) is 162 Å². The number of rotatable bonds is 2. The number of ether oxygens (including phenoxy) is 2. The van der Waals surface area contributed by atoms with Crippen molar-refractivity contribution < 1.29 is 38.2 Å². The third-order valence-electron chi connectivity index (χ3n) is 19.6. The first-order valence-electron chi connectivity index (χ1n) is 36.4. The van der Waals surface area contributed by atoms with Crippen LogP contribution in [0.5, 0.6) is 23.0 Å². The number of aromatic nitrogens is 2. The molecule has 108 heavy (non-hydrogen) atoms. The van der Waals surface area contributed by atoms with Crippen LogP contribution in [0.25, 0.3) is 81.5 Å². The van der Waals surface area contributed by atoms with Gasteiger partial charge in [0.25, 0.3) is 23.6 Å². The van der Waals surface area contributed by atoms with Gasteiger partial charge in [-0.25, -0.2) is 0 Å². The minimum Gasteiger partial charge on any atom is -0.454 e. The van der Waals surface area contributed by atoms with Gasteiger partial charge < -0.3 is 23.9 Å². The predicted octanol–water partition coefficient (Wildman–Crippen LogP) is 24.0. The lowest BCUT2D eigenvalue weighted by Crippen LogP contribution is -2.43. The number of nitrogens with zero attached hydrogens (tertiary/aromatic N) is 2. The molecule has 6 aliphatic heterocycles. The Hall–Kier alpha value is -9.58. The van der Waals surface area contributed by atoms with Gasteiger partial charge in [-0.3, -0.25) is 39.4 Å². The fraction of sp³-hybridized carbons (Fsp3) is 0.236. The molecule has 2 aromatic heterocycles. The van der Waals surface area contributed by atoms with E-state index in [9.17, 15) is 28.8 Å². The molecule has 8 heterocycles. The number of thioether (sulfide) groups is 2. The van der Waals surface area contributed by atoms with Gasteiger partial charge in [-0.05, 0) is 175 Å². The SMILES string of the molecule is CC(C)C.CC(C)C.CC(C)C.CCn1c2ccccc2c2c3c(ccc21)Cc1c(Cl)c2c(c(Cl)c1O3)Nc1ccc3c(c1O2)c1ccccc1n3CC.Cc1cc(Cl)cc2c1S/C(=C1/Sc3c(C)cc(Cl)cc3C1=O)C2=O.O=C1NC(=O)c2ccc3c4c(c5ccc6c7c(ccc3c57)C(=O)NC6=O)CCC1=c24. The maximum atomic E-state index is 12.8. The summed E-state index contributed by atoms with van der Waals surface area (Å²) < 4.78 is 18.1. The number of aryl methyl sites for hydroxylation is 5. The number of carbonyl (C=O) groups is 6. The van der Waals surface area contributed by atoms with E-state index in [2.05, 4.69) is 174 Å². The molecule has 3 N–H and O–H groups in total. The van der Waals surface area contributed by atoms with E-state index in [1.165, 1.54) is 39.9 Å². The first kappa shape index (κ1) is 73.9. The molecule has 1 aliphatic carbocycles. The van der Waals surface area contributed by atoms with Crippen LogP contribution >= 0.6 is 69.9 Å². The topological polar surface area (TPSA) is 167 Å². The number of hydrogen-bond acceptors (Lipinski definition) is 11. The number of halogens is 4. The van der Waals surface area contributed by atoms with Gasteiger partial charge in [0.2, 0.25) is 11.6 Å². The number of anilines is 2. The number of carbonyl (C=O) groups excluding carboxylic acids is 6. The molecule has 0 saturated heterocycles. The molecule has 0 unspecified atom stereocenters. The van der Waals surface area contributed by atoms with E-state index in [0.29, 0.717) is 105 Å². The maximum absolute atomic E-state index is 12.8. The van der Waals surface area contributed by atoms with Crippen LogP contribution in [-0.2, 0) is 30.7 Å². The lowest BCUT2D eigenvalue weighted by molar-refractivity contribution is -0.115. The van der Waals surface area contributed by atoms with Gasteiger partial charge in [-0.15, -0.1) is 0 Å². The average molecular weight is 1550 g/mol. The molecule has 7 aliphatic rings. The van der Waals surface area contributed by atoms with E-state index in [1.54, 1.807) is 30.3 Å². The number of imide groups is 2. The molecule has 19 heteroatoms. The van der Waals surface area contributed by atoms with Gasteiger partial charge in [-0.1, -0.05) is 193 Å². The number of amides is 4. The van der Waals surface area contributed by atoms with Gasteiger partial charge in [-0.2, -0.15) is 0 Å². The van der Waals surface area contributed by atoms with E-state index in [1.807, 2.05) is 44.2 Å². The van der Waals surface area contributed by atoms with Crippen LogP contribution in [-0.4, -0.2) is 44.3 Å². The molecular formula is C89H77Cl4N5O8S2. The predicted molar refractivity (Wildman–Crippen MR) is 444 cm³/mol. The van der Waals surface area contributed by atoms with Crippen LogP contribution in [0.2, 0.25) is 20.1 Å². The Bertz CT molecular complexity index is 6000. The number of nitrogens with one attached hydrogen (secondary N) is 3. The van der Waals surface area contributed by atoms with Gasteiger partial charge in [0.15, 0.2) is 17.2 Å². The quantitative estimate of drug-likeness (QED) is 0.0652. The Morgan fingerprint density at radius 2 is 0.898 bits per heavy atom. The standard InChI is InChI=1S/C35H25Cl2N3O2.C24H12N2O4.C18H10Cl2O2S2.3C4H10/c1-3-39-23-11-7-5-9-19(23)27-25(39)15-13-18-17-21-29(36)35-31(30(37)33(21)41-32(18)27)38-22-14-16-26-28(34(22)42-35)20-10-6-8-12-24(20)40(26)4-2;27-21-13-5-1-9-10-2-6-15-20-16(24(30)26-23(15)29)8-4-12(18(10)20)11-3-7-14(22(28)25-21)19(13)17(9)11;1-7-3-9(19)5-11-13(21)17(23-15(7)11)18-14(22)12-6-10(20)4-8(2)16(12)24-18;3*1-4(2)3/h5-16,38H,3-4,17H2,1-2H3;1-3,5-7H,4,8H2,(H,25,27,28)(H,26,29,30);3-6H,1-2H3;3*4H,1-3H3/b;;18-17+;;;. The first-order chi connectivity index (χ1) is 51.7. The minimum atomic E-state index is -0.390. The van der Waals surface area contributed by atoms with Crippen molar-refractivity contribution in [3.8, 4) is 23.0 Å². The van der Waals surface area contributed by atoms with E-state index in [0.717, 1.165) is 145 Å². The highest BCUT2D eigenvalue weighted by Crippen LogP contribution is 2.60. The third-order valence-corrected chi connectivity index (χ3v) is 23.6. The van der Waals surface area contributed by atoms with Crippen molar-refractivity contribution in [3.63, 3.8) is 0 Å². The van der Waals surface area contributed by atoms with E-state index < -0.39 is 0 Å². The van der Waals surface area contributed by atoms with Crippen molar-refractivity contribution in [1.29, 1.82) is 0 Å². The molecule has 0 atom stereocenters. The summed E-state index contributed by atoms with van der Waals surface area (Å²) in [4.78, 5) is 78.2. The highest BCUT2D eigenvalue weighted by molar-refractivity contribution is 8.08. The lowest BCUT2D eigenvalue weighted by atomic mass is 9.79. The van der Waals surface area contributed by atoms with Crippen LogP contribution in [0.15, 0.2) is 153 Å². The summed E-state index contributed by atoms with van der Waals surface area (Å²) in [6, 6.07) is 43.4. The fourth-order valence-corrected chi connectivity index (χ4v) is 19.0. The van der Waals surface area contributed by atoms with E-state index in [-0.39, 0.29) is 35.2 Å². The zero-order valence-electron chi connectivity index (χ0n) is 62.0. The smallest absolute Gasteiger partial charge is 0.258 e. The van der Waals surface area contributed by atoms with Crippen molar-refractivity contribution in [2.45, 2.75) is 132 Å². The van der Waals surface area contributed by atoms with Gasteiger partial charge in [0.1, 0.15) is 16.5 Å². The minimum absolute atomic E-state index is 0.131. The van der Waals surface area contributed by atoms with Crippen LogP contribution in [0, 0.1) is 31.6 Å². The van der Waals surface area contributed by atoms with E-state index in [4.69, 9.17) is 55.9 Å². The van der Waals surface area contributed by atoms with Crippen molar-refractivity contribution in [3.05, 3.63) is 224 Å². The highest BCUT2D eigenvalue weighted by Gasteiger charge is 2.40. The second-order valence-corrected chi connectivity index (χ2v) is 33.5. The van der Waals surface area contributed by atoms with Crippen molar-refractivity contribution in [1.82, 2.24) is 19.8 Å². The number of allylic oxidation sites excluding steroid dienone is 2. The Morgan fingerprint density at radius 3 is 1.44 bits per heavy atom. The lowest BCUT2D eigenvalue weighted by Gasteiger charge is -2.30. The summed E-state index contributed by atoms with van der Waals surface area (Å²) in [5.41, 5.74) is 14.2. The number of benzene rings is 11. The van der Waals surface area contributed by atoms with Gasteiger partial charge >= 0.3 is 0 Å². The summed E-state index contributed by atoms with van der Waals surface area (Å²) in [5, 5.41) is 20.9. The van der Waals surface area contributed by atoms with Crippen molar-refractivity contribution in [2.75, 3.05) is 5.32 Å². The largest absolute Gasteiger partial charge is 0.454 e. The maximum Gasteiger partial charge on any atom is 0.258 e. The molecule has 20 rings (SSSR count). The zero-order chi connectivity index (χ0) is 76.5.